The van der Waals surface area contributed by atoms with E-state index in [1.165, 1.54) is 0 Å². The Morgan fingerprint density at radius 1 is 1.44 bits per heavy atom. The molecule has 1 aliphatic rings. The number of carbonyl (C=O) groups excluding carboxylic acids is 1. The van der Waals surface area contributed by atoms with Crippen molar-refractivity contribution in [2.75, 3.05) is 0 Å². The van der Waals surface area contributed by atoms with Gasteiger partial charge in [0.2, 0.25) is 0 Å². The Hall–Kier alpha value is -1.72. The van der Waals surface area contributed by atoms with Crippen molar-refractivity contribution < 1.29 is 14.7 Å². The Morgan fingerprint density at radius 2 is 2.11 bits per heavy atom. The Bertz CT molecular complexity index is 485. The van der Waals surface area contributed by atoms with Crippen LogP contribution in [0.3, 0.4) is 0 Å². The molecule has 5 nitrogen and oxygen atoms in total. The third-order valence-electron chi connectivity index (χ3n) is 3.19. The first-order chi connectivity index (χ1) is 8.50. The fourth-order valence-electron chi connectivity index (χ4n) is 2.23. The minimum atomic E-state index is -0.952. The Morgan fingerprint density at radius 3 is 2.72 bits per heavy atom. The second kappa shape index (κ2) is 4.88. The summed E-state index contributed by atoms with van der Waals surface area (Å²) in [6.45, 7) is 1.61. The molecule has 0 aliphatic carbocycles. The predicted molar refractivity (Wildman–Crippen MR) is 66.1 cm³/mol. The van der Waals surface area contributed by atoms with E-state index >= 15 is 0 Å². The lowest BCUT2D eigenvalue weighted by Crippen LogP contribution is -2.50. The largest absolute Gasteiger partial charge is 0.480 e. The number of hydrogen-bond donors (Lipinski definition) is 3. The summed E-state index contributed by atoms with van der Waals surface area (Å²) in [7, 11) is 0. The lowest BCUT2D eigenvalue weighted by molar-refractivity contribution is -0.140. The maximum atomic E-state index is 12.0. The maximum Gasteiger partial charge on any atom is 0.321 e. The van der Waals surface area contributed by atoms with E-state index in [0.29, 0.717) is 6.42 Å². The van der Waals surface area contributed by atoms with Crippen molar-refractivity contribution >= 4 is 11.8 Å². The molecular weight excluding hydrogens is 232 g/mol. The highest BCUT2D eigenvalue weighted by Gasteiger charge is 2.34. The molecule has 96 valence electrons. The molecule has 18 heavy (non-hydrogen) atoms. The number of hydrogen-bond acceptors (Lipinski definition) is 4. The average molecular weight is 248 g/mol. The maximum absolute atomic E-state index is 12.0. The molecule has 3 atom stereocenters. The van der Waals surface area contributed by atoms with Crippen LogP contribution in [0, 0.1) is 0 Å². The van der Waals surface area contributed by atoms with Crippen molar-refractivity contribution in [3.05, 3.63) is 35.4 Å². The van der Waals surface area contributed by atoms with Crippen LogP contribution in [0.4, 0.5) is 0 Å². The van der Waals surface area contributed by atoms with Gasteiger partial charge in [-0.2, -0.15) is 0 Å². The SMILES string of the molecule is C[C@H](N)C(=O)C1NC(C(=O)O)Cc2ccccc21. The van der Waals surface area contributed by atoms with E-state index in [1.807, 2.05) is 24.3 Å². The number of rotatable bonds is 3. The van der Waals surface area contributed by atoms with Gasteiger partial charge in [0.05, 0.1) is 12.1 Å². The van der Waals surface area contributed by atoms with E-state index in [2.05, 4.69) is 5.32 Å². The first-order valence-electron chi connectivity index (χ1n) is 5.86. The van der Waals surface area contributed by atoms with Crippen molar-refractivity contribution in [3.63, 3.8) is 0 Å². The zero-order valence-electron chi connectivity index (χ0n) is 10.1. The minimum absolute atomic E-state index is 0.187. The summed E-state index contributed by atoms with van der Waals surface area (Å²) in [5.41, 5.74) is 7.33. The molecule has 0 saturated carbocycles. The number of ketones is 1. The fourth-order valence-corrected chi connectivity index (χ4v) is 2.23. The number of carbonyl (C=O) groups is 2. The average Bonchev–Trinajstić information content (AvgIpc) is 2.36. The van der Waals surface area contributed by atoms with Gasteiger partial charge >= 0.3 is 5.97 Å². The van der Waals surface area contributed by atoms with Gasteiger partial charge in [-0.15, -0.1) is 0 Å². The Labute approximate surface area is 105 Å². The lowest BCUT2D eigenvalue weighted by Gasteiger charge is -2.31. The molecule has 0 radical (unpaired) electrons. The highest BCUT2D eigenvalue weighted by Crippen LogP contribution is 2.26. The van der Waals surface area contributed by atoms with Crippen LogP contribution in [0.15, 0.2) is 24.3 Å². The van der Waals surface area contributed by atoms with Crippen LogP contribution in [-0.2, 0) is 16.0 Å². The lowest BCUT2D eigenvalue weighted by atomic mass is 9.87. The number of carboxylic acids is 1. The van der Waals surface area contributed by atoms with Crippen molar-refractivity contribution in [1.82, 2.24) is 5.32 Å². The Balaban J connectivity index is 2.39. The summed E-state index contributed by atoms with van der Waals surface area (Å²) in [5.74, 6) is -1.14. The fraction of sp³-hybridized carbons (Fsp3) is 0.385. The van der Waals surface area contributed by atoms with Crippen molar-refractivity contribution in [3.8, 4) is 0 Å². The van der Waals surface area contributed by atoms with Crippen LogP contribution in [0.25, 0.3) is 0 Å². The molecule has 2 rings (SSSR count). The number of nitrogens with one attached hydrogen (secondary N) is 1. The number of aliphatic carboxylic acids is 1. The molecule has 1 aromatic carbocycles. The molecule has 1 heterocycles. The molecule has 1 aliphatic heterocycles. The first-order valence-corrected chi connectivity index (χ1v) is 5.86. The molecule has 0 amide bonds. The standard InChI is InChI=1S/C13H16N2O3/c1-7(14)12(16)11-9-5-3-2-4-8(9)6-10(15-11)13(17)18/h2-5,7,10-11,15H,6,14H2,1H3,(H,17,18)/t7-,10?,11?/m0/s1. The quantitative estimate of drug-likeness (QED) is 0.712. The topological polar surface area (TPSA) is 92.4 Å². The molecule has 0 fully saturated rings. The number of carboxylic acid groups (broad SMARTS) is 1. The molecule has 4 N–H and O–H groups in total. The highest BCUT2D eigenvalue weighted by molar-refractivity contribution is 5.91. The van der Waals surface area contributed by atoms with Crippen molar-refractivity contribution in [2.45, 2.75) is 31.5 Å². The van der Waals surface area contributed by atoms with Gasteiger partial charge < -0.3 is 10.8 Å². The third-order valence-corrected chi connectivity index (χ3v) is 3.19. The van der Waals surface area contributed by atoms with Crippen LogP contribution >= 0.6 is 0 Å². The molecule has 0 aromatic heterocycles. The molecular formula is C13H16N2O3. The summed E-state index contributed by atoms with van der Waals surface area (Å²) in [6, 6.07) is 5.38. The van der Waals surface area contributed by atoms with Crippen LogP contribution in [-0.4, -0.2) is 28.9 Å². The minimum Gasteiger partial charge on any atom is -0.480 e. The van der Waals surface area contributed by atoms with E-state index in [9.17, 15) is 9.59 Å². The van der Waals surface area contributed by atoms with Gasteiger partial charge in [0.1, 0.15) is 6.04 Å². The molecule has 1 aromatic rings. The summed E-state index contributed by atoms with van der Waals surface area (Å²) in [6.07, 6.45) is 0.383. The smallest absolute Gasteiger partial charge is 0.321 e. The Kier molecular flexibility index (Phi) is 3.45. The number of Topliss-reactive ketones (excluding diaryl/α,β-unsaturated/α-hetero) is 1. The summed E-state index contributed by atoms with van der Waals surface area (Å²) in [4.78, 5) is 23.1. The van der Waals surface area contributed by atoms with Gasteiger partial charge in [-0.3, -0.25) is 14.9 Å². The highest BCUT2D eigenvalue weighted by atomic mass is 16.4. The van der Waals surface area contributed by atoms with Gasteiger partial charge in [-0.1, -0.05) is 24.3 Å². The van der Waals surface area contributed by atoms with E-state index in [1.54, 1.807) is 6.92 Å². The number of fused-ring (bicyclic) bond motifs is 1. The van der Waals surface area contributed by atoms with E-state index in [0.717, 1.165) is 11.1 Å². The van der Waals surface area contributed by atoms with E-state index in [-0.39, 0.29) is 5.78 Å². The summed E-state index contributed by atoms with van der Waals surface area (Å²) in [5, 5.41) is 12.0. The van der Waals surface area contributed by atoms with E-state index < -0.39 is 24.1 Å². The van der Waals surface area contributed by atoms with Crippen molar-refractivity contribution in [1.29, 1.82) is 0 Å². The van der Waals surface area contributed by atoms with Gasteiger partial charge in [-0.05, 0) is 24.5 Å². The van der Waals surface area contributed by atoms with Crippen LogP contribution in [0.2, 0.25) is 0 Å². The summed E-state index contributed by atoms with van der Waals surface area (Å²) >= 11 is 0. The molecule has 0 bridgehead atoms. The molecule has 0 saturated heterocycles. The molecule has 2 unspecified atom stereocenters. The normalized spacial score (nSPS) is 24.1. The monoisotopic (exact) mass is 248 g/mol. The van der Waals surface area contributed by atoms with Crippen LogP contribution < -0.4 is 11.1 Å². The van der Waals surface area contributed by atoms with Gasteiger partial charge in [0.15, 0.2) is 5.78 Å². The molecule has 5 heteroatoms. The zero-order valence-corrected chi connectivity index (χ0v) is 10.1. The first kappa shape index (κ1) is 12.7. The van der Waals surface area contributed by atoms with Crippen LogP contribution in [0.1, 0.15) is 24.1 Å². The van der Waals surface area contributed by atoms with Gasteiger partial charge in [0.25, 0.3) is 0 Å². The zero-order chi connectivity index (χ0) is 13.3. The number of benzene rings is 1. The second-order valence-electron chi connectivity index (χ2n) is 4.58. The van der Waals surface area contributed by atoms with E-state index in [4.69, 9.17) is 10.8 Å². The van der Waals surface area contributed by atoms with Crippen LogP contribution in [0.5, 0.6) is 0 Å². The van der Waals surface area contributed by atoms with Gasteiger partial charge in [0, 0.05) is 0 Å². The third kappa shape index (κ3) is 2.27. The number of nitrogens with two attached hydrogens (primary N) is 1. The van der Waals surface area contributed by atoms with Gasteiger partial charge in [-0.25, -0.2) is 0 Å². The molecule has 0 spiro atoms. The van der Waals surface area contributed by atoms with Crippen molar-refractivity contribution in [2.24, 2.45) is 5.73 Å². The second-order valence-corrected chi connectivity index (χ2v) is 4.58. The predicted octanol–water partition coefficient (Wildman–Crippen LogP) is 0.243. The summed E-state index contributed by atoms with van der Waals surface area (Å²) < 4.78 is 0.